The van der Waals surface area contributed by atoms with Gasteiger partial charge in [-0.2, -0.15) is 0 Å². The summed E-state index contributed by atoms with van der Waals surface area (Å²) >= 11 is 20.4. The summed E-state index contributed by atoms with van der Waals surface area (Å²) in [6, 6.07) is 12.1. The molecule has 0 saturated heterocycles. The van der Waals surface area contributed by atoms with Crippen molar-refractivity contribution in [3.05, 3.63) is 58.7 Å². The van der Waals surface area contributed by atoms with Crippen molar-refractivity contribution in [1.29, 1.82) is 0 Å². The summed E-state index contributed by atoms with van der Waals surface area (Å²) in [7, 11) is 0. The van der Waals surface area contributed by atoms with Gasteiger partial charge in [-0.3, -0.25) is 0 Å². The summed E-state index contributed by atoms with van der Waals surface area (Å²) in [6.45, 7) is 8.09. The zero-order chi connectivity index (χ0) is 15.2. The zero-order valence-corrected chi connectivity index (χ0v) is 15.2. The van der Waals surface area contributed by atoms with Crippen molar-refractivity contribution in [2.24, 2.45) is 0 Å². The van der Waals surface area contributed by atoms with Crippen LogP contribution in [-0.4, -0.2) is 0 Å². The fourth-order valence-corrected chi connectivity index (χ4v) is 6.19. The first-order valence-corrected chi connectivity index (χ1v) is 11.4. The second-order valence-corrected chi connectivity index (χ2v) is 15.8. The van der Waals surface area contributed by atoms with Gasteiger partial charge in [-0.05, 0) is 0 Å². The fraction of sp³-hybridized carbons (Fsp3) is 0.250. The second-order valence-electron chi connectivity index (χ2n) is 5.50. The third kappa shape index (κ3) is 3.15. The molecule has 108 valence electrons. The number of hydrogen-bond acceptors (Lipinski definition) is 0. The van der Waals surface area contributed by atoms with E-state index in [-0.39, 0.29) is 0 Å². The molecule has 0 spiro atoms. The molecule has 0 bridgehead atoms. The summed E-state index contributed by atoms with van der Waals surface area (Å²) < 4.78 is -3.65. The Hall–Kier alpha value is -0.260. The van der Waals surface area contributed by atoms with Crippen molar-refractivity contribution in [3.8, 4) is 0 Å². The Morgan fingerprint density at radius 1 is 0.550 bits per heavy atom. The van der Waals surface area contributed by atoms with Crippen LogP contribution in [0.15, 0.2) is 36.4 Å². The molecule has 4 heteroatoms. The van der Waals surface area contributed by atoms with E-state index in [1.807, 2.05) is 52.0 Å². The first kappa shape index (κ1) is 16.1. The van der Waals surface area contributed by atoms with Gasteiger partial charge in [0.25, 0.3) is 0 Å². The maximum absolute atomic E-state index is 6.79. The van der Waals surface area contributed by atoms with Crippen LogP contribution in [0.1, 0.15) is 22.3 Å². The standard InChI is InChI=1S/C16H18Cl3P/c1-11-5-12(2)8-15(7-11)20(17,18,19)16-9-13(3)6-14(4)10-16/h5-10H,1-4H3. The Kier molecular flexibility index (Phi) is 4.17. The fourth-order valence-electron chi connectivity index (χ4n) is 2.47. The van der Waals surface area contributed by atoms with Crippen molar-refractivity contribution < 1.29 is 0 Å². The van der Waals surface area contributed by atoms with Crippen molar-refractivity contribution >= 4 is 49.0 Å². The Bertz CT molecular complexity index is 573. The van der Waals surface area contributed by atoms with Gasteiger partial charge in [-0.15, -0.1) is 0 Å². The van der Waals surface area contributed by atoms with E-state index < -0.39 is 4.66 Å². The summed E-state index contributed by atoms with van der Waals surface area (Å²) in [5.74, 6) is 0. The first-order chi connectivity index (χ1) is 9.07. The molecule has 0 amide bonds. The number of aryl methyl sites for hydroxylation is 4. The van der Waals surface area contributed by atoms with Crippen LogP contribution in [0, 0.1) is 27.7 Å². The van der Waals surface area contributed by atoms with E-state index in [1.165, 1.54) is 0 Å². The molecule has 0 aliphatic rings. The normalized spacial score (nSPS) is 13.8. The summed E-state index contributed by atoms with van der Waals surface area (Å²) in [5.41, 5.74) is 4.45. The number of halogens is 3. The Labute approximate surface area is 135 Å². The predicted octanol–water partition coefficient (Wildman–Crippen LogP) is 5.89. The molecule has 0 saturated carbocycles. The molecule has 0 atom stereocenters. The SMILES string of the molecule is Cc1cc(C)cc(P(Cl)(Cl)(Cl)c2cc(C)cc(C)c2)c1. The van der Waals surface area contributed by atoms with Gasteiger partial charge in [-0.25, -0.2) is 0 Å². The van der Waals surface area contributed by atoms with Gasteiger partial charge in [0.1, 0.15) is 0 Å². The summed E-state index contributed by atoms with van der Waals surface area (Å²) in [4.78, 5) is 0. The molecule has 0 unspecified atom stereocenters. The van der Waals surface area contributed by atoms with Crippen LogP contribution in [0.3, 0.4) is 0 Å². The number of rotatable bonds is 2. The first-order valence-electron chi connectivity index (χ1n) is 6.42. The van der Waals surface area contributed by atoms with Gasteiger partial charge in [0.2, 0.25) is 0 Å². The molecule has 2 aromatic carbocycles. The third-order valence-corrected chi connectivity index (χ3v) is 8.97. The molecule has 20 heavy (non-hydrogen) atoms. The van der Waals surface area contributed by atoms with Crippen molar-refractivity contribution in [1.82, 2.24) is 0 Å². The van der Waals surface area contributed by atoms with Crippen LogP contribution < -0.4 is 10.6 Å². The minimum atomic E-state index is -3.65. The molecule has 0 heterocycles. The van der Waals surface area contributed by atoms with Crippen LogP contribution in [0.5, 0.6) is 0 Å². The van der Waals surface area contributed by atoms with Crippen LogP contribution in [0.25, 0.3) is 0 Å². The molecule has 2 rings (SSSR count). The molecule has 0 N–H and O–H groups in total. The van der Waals surface area contributed by atoms with Gasteiger partial charge in [0.15, 0.2) is 0 Å². The van der Waals surface area contributed by atoms with E-state index in [0.717, 1.165) is 32.9 Å². The Morgan fingerprint density at radius 3 is 1.05 bits per heavy atom. The van der Waals surface area contributed by atoms with Gasteiger partial charge in [0.05, 0.1) is 0 Å². The molecule has 0 nitrogen and oxygen atoms in total. The van der Waals surface area contributed by atoms with Gasteiger partial charge in [-0.1, -0.05) is 0 Å². The minimum absolute atomic E-state index is 0.809. The molecule has 0 aliphatic carbocycles. The van der Waals surface area contributed by atoms with Gasteiger partial charge < -0.3 is 0 Å². The number of hydrogen-bond donors (Lipinski definition) is 0. The van der Waals surface area contributed by atoms with Crippen LogP contribution in [0.2, 0.25) is 0 Å². The van der Waals surface area contributed by atoms with Crippen LogP contribution in [0.4, 0.5) is 0 Å². The van der Waals surface area contributed by atoms with E-state index in [1.54, 1.807) is 0 Å². The second kappa shape index (κ2) is 5.18. The van der Waals surface area contributed by atoms with E-state index in [4.69, 9.17) is 33.7 Å². The summed E-state index contributed by atoms with van der Waals surface area (Å²) in [6.07, 6.45) is 0. The molecule has 0 fully saturated rings. The van der Waals surface area contributed by atoms with Crippen LogP contribution >= 0.6 is 38.4 Å². The Balaban J connectivity index is 2.71. The van der Waals surface area contributed by atoms with Gasteiger partial charge >= 0.3 is 135 Å². The zero-order valence-electron chi connectivity index (χ0n) is 12.0. The third-order valence-electron chi connectivity index (χ3n) is 3.26. The van der Waals surface area contributed by atoms with E-state index in [0.29, 0.717) is 0 Å². The topological polar surface area (TPSA) is 0 Å². The molecule has 0 aliphatic heterocycles. The van der Waals surface area contributed by atoms with E-state index in [2.05, 4.69) is 12.1 Å². The molecular formula is C16H18Cl3P. The van der Waals surface area contributed by atoms with Crippen LogP contribution in [-0.2, 0) is 0 Å². The predicted molar refractivity (Wildman–Crippen MR) is 95.6 cm³/mol. The summed E-state index contributed by atoms with van der Waals surface area (Å²) in [5, 5.41) is 1.62. The maximum atomic E-state index is 6.79. The average Bonchev–Trinajstić information content (AvgIpc) is 2.25. The molecular weight excluding hydrogens is 330 g/mol. The van der Waals surface area contributed by atoms with Gasteiger partial charge in [0, 0.05) is 0 Å². The number of benzene rings is 2. The van der Waals surface area contributed by atoms with Crippen molar-refractivity contribution in [3.63, 3.8) is 0 Å². The molecule has 2 aromatic rings. The van der Waals surface area contributed by atoms with E-state index in [9.17, 15) is 0 Å². The van der Waals surface area contributed by atoms with E-state index >= 15 is 0 Å². The monoisotopic (exact) mass is 346 g/mol. The van der Waals surface area contributed by atoms with Crippen molar-refractivity contribution in [2.75, 3.05) is 0 Å². The molecule has 0 aromatic heterocycles. The quantitative estimate of drug-likeness (QED) is 0.595. The molecule has 0 radical (unpaired) electrons. The Morgan fingerprint density at radius 2 is 0.800 bits per heavy atom. The average molecular weight is 348 g/mol. The van der Waals surface area contributed by atoms with Crippen molar-refractivity contribution in [2.45, 2.75) is 27.7 Å².